The SMILES string of the molecule is COc1cc(Cc2ccc3oc4ccc(Cl)cc4c3c2)cc(OC)c1. The standard InChI is InChI=1S/C21H17ClO3/c1-23-16-8-14(9-17(12-16)24-2)7-13-3-5-20-18(10-13)19-11-15(22)4-6-21(19)25-20/h3-6,8-12H,7H2,1-2H3. The lowest BCUT2D eigenvalue weighted by atomic mass is 10.0. The van der Waals surface area contributed by atoms with Gasteiger partial charge in [-0.05, 0) is 60.0 Å². The normalized spacial score (nSPS) is 11.2. The third-order valence-electron chi connectivity index (χ3n) is 4.32. The van der Waals surface area contributed by atoms with Crippen LogP contribution < -0.4 is 9.47 Å². The van der Waals surface area contributed by atoms with Crippen molar-refractivity contribution in [3.05, 3.63) is 70.7 Å². The maximum atomic E-state index is 6.14. The molecule has 1 heterocycles. The van der Waals surface area contributed by atoms with Gasteiger partial charge < -0.3 is 13.9 Å². The Morgan fingerprint density at radius 1 is 0.760 bits per heavy atom. The maximum absolute atomic E-state index is 6.14. The zero-order valence-electron chi connectivity index (χ0n) is 14.0. The molecule has 0 fully saturated rings. The summed E-state index contributed by atoms with van der Waals surface area (Å²) in [6.45, 7) is 0. The molecule has 0 amide bonds. The average molecular weight is 353 g/mol. The van der Waals surface area contributed by atoms with Crippen molar-refractivity contribution in [2.75, 3.05) is 14.2 Å². The molecule has 0 aliphatic carbocycles. The monoisotopic (exact) mass is 352 g/mol. The van der Waals surface area contributed by atoms with Crippen LogP contribution in [0.3, 0.4) is 0 Å². The van der Waals surface area contributed by atoms with E-state index in [2.05, 4.69) is 12.1 Å². The molecule has 4 heteroatoms. The molecule has 1 aromatic heterocycles. The van der Waals surface area contributed by atoms with Gasteiger partial charge in [-0.15, -0.1) is 0 Å². The van der Waals surface area contributed by atoms with Crippen LogP contribution in [0.5, 0.6) is 11.5 Å². The van der Waals surface area contributed by atoms with E-state index < -0.39 is 0 Å². The summed E-state index contributed by atoms with van der Waals surface area (Å²) in [6, 6.07) is 17.9. The molecule has 25 heavy (non-hydrogen) atoms. The number of ether oxygens (including phenoxy) is 2. The number of furan rings is 1. The molecule has 3 aromatic carbocycles. The lowest BCUT2D eigenvalue weighted by Gasteiger charge is -2.08. The highest BCUT2D eigenvalue weighted by molar-refractivity contribution is 6.31. The Hall–Kier alpha value is -2.65. The molecule has 0 atom stereocenters. The fourth-order valence-corrected chi connectivity index (χ4v) is 3.28. The first-order chi connectivity index (χ1) is 12.2. The molecule has 0 radical (unpaired) electrons. The number of hydrogen-bond donors (Lipinski definition) is 0. The number of methoxy groups -OCH3 is 2. The Kier molecular flexibility index (Phi) is 4.02. The topological polar surface area (TPSA) is 31.6 Å². The Balaban J connectivity index is 1.77. The van der Waals surface area contributed by atoms with Crippen LogP contribution in [-0.2, 0) is 6.42 Å². The van der Waals surface area contributed by atoms with Crippen LogP contribution >= 0.6 is 11.6 Å². The minimum atomic E-state index is 0.707. The van der Waals surface area contributed by atoms with Crippen LogP contribution in [0.25, 0.3) is 21.9 Å². The summed E-state index contributed by atoms with van der Waals surface area (Å²) < 4.78 is 16.6. The highest BCUT2D eigenvalue weighted by Crippen LogP contribution is 2.32. The predicted molar refractivity (Wildman–Crippen MR) is 101 cm³/mol. The van der Waals surface area contributed by atoms with E-state index in [1.165, 1.54) is 5.56 Å². The van der Waals surface area contributed by atoms with Crippen molar-refractivity contribution in [2.24, 2.45) is 0 Å². The highest BCUT2D eigenvalue weighted by Gasteiger charge is 2.09. The number of rotatable bonds is 4. The molecule has 4 aromatic rings. The molecule has 0 aliphatic rings. The van der Waals surface area contributed by atoms with E-state index in [1.54, 1.807) is 14.2 Å². The van der Waals surface area contributed by atoms with E-state index in [9.17, 15) is 0 Å². The van der Waals surface area contributed by atoms with Crippen molar-refractivity contribution in [3.8, 4) is 11.5 Å². The lowest BCUT2D eigenvalue weighted by molar-refractivity contribution is 0.393. The minimum absolute atomic E-state index is 0.707. The molecule has 0 N–H and O–H groups in total. The van der Waals surface area contributed by atoms with Crippen molar-refractivity contribution < 1.29 is 13.9 Å². The van der Waals surface area contributed by atoms with E-state index in [0.717, 1.165) is 45.4 Å². The van der Waals surface area contributed by atoms with E-state index >= 15 is 0 Å². The second-order valence-corrected chi connectivity index (χ2v) is 6.41. The van der Waals surface area contributed by atoms with Gasteiger partial charge >= 0.3 is 0 Å². The molecule has 0 saturated heterocycles. The van der Waals surface area contributed by atoms with E-state index in [0.29, 0.717) is 5.02 Å². The molecule has 0 unspecified atom stereocenters. The summed E-state index contributed by atoms with van der Waals surface area (Å²) in [5.74, 6) is 1.58. The van der Waals surface area contributed by atoms with Gasteiger partial charge in [-0.25, -0.2) is 0 Å². The zero-order valence-corrected chi connectivity index (χ0v) is 14.8. The summed E-state index contributed by atoms with van der Waals surface area (Å²) in [5, 5.41) is 2.82. The summed E-state index contributed by atoms with van der Waals surface area (Å²) in [4.78, 5) is 0. The highest BCUT2D eigenvalue weighted by atomic mass is 35.5. The number of fused-ring (bicyclic) bond motifs is 3. The lowest BCUT2D eigenvalue weighted by Crippen LogP contribution is -1.93. The zero-order chi connectivity index (χ0) is 17.4. The Morgan fingerprint density at radius 3 is 2.08 bits per heavy atom. The molecule has 0 bridgehead atoms. The first kappa shape index (κ1) is 15.9. The second-order valence-electron chi connectivity index (χ2n) is 5.97. The summed E-state index contributed by atoms with van der Waals surface area (Å²) >= 11 is 6.14. The molecule has 0 aliphatic heterocycles. The van der Waals surface area contributed by atoms with Crippen molar-refractivity contribution in [2.45, 2.75) is 6.42 Å². The van der Waals surface area contributed by atoms with Gasteiger partial charge in [0.2, 0.25) is 0 Å². The number of benzene rings is 3. The largest absolute Gasteiger partial charge is 0.497 e. The van der Waals surface area contributed by atoms with Gasteiger partial charge in [0.05, 0.1) is 14.2 Å². The van der Waals surface area contributed by atoms with Crippen molar-refractivity contribution in [1.29, 1.82) is 0 Å². The van der Waals surface area contributed by atoms with Crippen LogP contribution in [0, 0.1) is 0 Å². The van der Waals surface area contributed by atoms with Crippen molar-refractivity contribution >= 4 is 33.5 Å². The fraction of sp³-hybridized carbons (Fsp3) is 0.143. The quantitative estimate of drug-likeness (QED) is 0.462. The Bertz CT molecular complexity index is 1040. The van der Waals surface area contributed by atoms with Crippen LogP contribution in [0.15, 0.2) is 59.0 Å². The Morgan fingerprint density at radius 2 is 1.40 bits per heavy atom. The van der Waals surface area contributed by atoms with E-state index in [4.69, 9.17) is 25.5 Å². The van der Waals surface area contributed by atoms with Gasteiger partial charge in [-0.1, -0.05) is 17.7 Å². The summed E-state index contributed by atoms with van der Waals surface area (Å²) in [5.41, 5.74) is 4.02. The number of hydrogen-bond acceptors (Lipinski definition) is 3. The predicted octanol–water partition coefficient (Wildman–Crippen LogP) is 5.85. The third-order valence-corrected chi connectivity index (χ3v) is 4.55. The third kappa shape index (κ3) is 3.03. The van der Waals surface area contributed by atoms with Crippen molar-refractivity contribution in [3.63, 3.8) is 0 Å². The van der Waals surface area contributed by atoms with Crippen LogP contribution in [0.2, 0.25) is 5.02 Å². The van der Waals surface area contributed by atoms with Crippen LogP contribution in [-0.4, -0.2) is 14.2 Å². The molecule has 4 rings (SSSR count). The second kappa shape index (κ2) is 6.34. The smallest absolute Gasteiger partial charge is 0.135 e. The molecular weight excluding hydrogens is 336 g/mol. The first-order valence-electron chi connectivity index (χ1n) is 7.99. The number of halogens is 1. The van der Waals surface area contributed by atoms with E-state index in [-0.39, 0.29) is 0 Å². The molecular formula is C21H17ClO3. The molecule has 0 spiro atoms. The average Bonchev–Trinajstić information content (AvgIpc) is 2.98. The van der Waals surface area contributed by atoms with E-state index in [1.807, 2.05) is 42.5 Å². The van der Waals surface area contributed by atoms with Gasteiger partial charge in [0.25, 0.3) is 0 Å². The van der Waals surface area contributed by atoms with Gasteiger partial charge in [0.1, 0.15) is 22.7 Å². The molecule has 0 saturated carbocycles. The fourth-order valence-electron chi connectivity index (χ4n) is 3.11. The van der Waals surface area contributed by atoms with Gasteiger partial charge in [-0.3, -0.25) is 0 Å². The summed E-state index contributed by atoms with van der Waals surface area (Å²) in [7, 11) is 3.32. The molecule has 126 valence electrons. The van der Waals surface area contributed by atoms with Gasteiger partial charge in [-0.2, -0.15) is 0 Å². The summed E-state index contributed by atoms with van der Waals surface area (Å²) in [6.07, 6.45) is 0.775. The molecule has 3 nitrogen and oxygen atoms in total. The van der Waals surface area contributed by atoms with Crippen molar-refractivity contribution in [1.82, 2.24) is 0 Å². The first-order valence-corrected chi connectivity index (χ1v) is 8.37. The maximum Gasteiger partial charge on any atom is 0.135 e. The van der Waals surface area contributed by atoms with Gasteiger partial charge in [0, 0.05) is 21.9 Å². The van der Waals surface area contributed by atoms with Crippen LogP contribution in [0.4, 0.5) is 0 Å². The minimum Gasteiger partial charge on any atom is -0.497 e. The van der Waals surface area contributed by atoms with Gasteiger partial charge in [0.15, 0.2) is 0 Å². The Labute approximate surface area is 150 Å². The van der Waals surface area contributed by atoms with Crippen LogP contribution in [0.1, 0.15) is 11.1 Å².